The molecule has 0 aliphatic carbocycles. The molecule has 104 valence electrons. The molecule has 0 amide bonds. The van der Waals surface area contributed by atoms with E-state index in [1.165, 1.54) is 17.7 Å². The highest BCUT2D eigenvalue weighted by atomic mass is 19.1. The zero-order valence-corrected chi connectivity index (χ0v) is 11.1. The first kappa shape index (κ1) is 13.1. The molecule has 1 aliphatic rings. The molecule has 0 saturated heterocycles. The second kappa shape index (κ2) is 5.63. The van der Waals surface area contributed by atoms with E-state index in [0.717, 1.165) is 12.8 Å². The van der Waals surface area contributed by atoms with Crippen LogP contribution in [0.25, 0.3) is 0 Å². The summed E-state index contributed by atoms with van der Waals surface area (Å²) in [6.45, 7) is 0. The van der Waals surface area contributed by atoms with Crippen LogP contribution in [0.1, 0.15) is 30.1 Å². The first-order valence-electron chi connectivity index (χ1n) is 6.90. The summed E-state index contributed by atoms with van der Waals surface area (Å²) in [7, 11) is 0. The molecular weight excluding hydrogens is 255 g/mol. The Labute approximate surface area is 117 Å². The van der Waals surface area contributed by atoms with Gasteiger partial charge in [0.1, 0.15) is 17.7 Å². The van der Waals surface area contributed by atoms with Gasteiger partial charge in [-0.1, -0.05) is 30.3 Å². The van der Waals surface area contributed by atoms with Crippen molar-refractivity contribution in [1.82, 2.24) is 0 Å². The molecule has 2 aromatic rings. The van der Waals surface area contributed by atoms with Crippen LogP contribution in [0.4, 0.5) is 4.39 Å². The number of hydrogen-bond acceptors (Lipinski definition) is 2. The maximum atomic E-state index is 13.2. The van der Waals surface area contributed by atoms with E-state index in [1.54, 1.807) is 6.07 Å². The SMILES string of the molecule is O[C@H]1CC(CCc2ccccc2)Oc2cc(F)ccc21. The van der Waals surface area contributed by atoms with Crippen molar-refractivity contribution in [3.63, 3.8) is 0 Å². The van der Waals surface area contributed by atoms with E-state index < -0.39 is 6.10 Å². The van der Waals surface area contributed by atoms with Gasteiger partial charge in [0.05, 0.1) is 6.10 Å². The molecule has 0 saturated carbocycles. The summed E-state index contributed by atoms with van der Waals surface area (Å²) in [6, 6.07) is 14.5. The fraction of sp³-hybridized carbons (Fsp3) is 0.294. The first-order chi connectivity index (χ1) is 9.72. The van der Waals surface area contributed by atoms with Crippen LogP contribution in [0.2, 0.25) is 0 Å². The average Bonchev–Trinajstić information content (AvgIpc) is 2.46. The van der Waals surface area contributed by atoms with Crippen LogP contribution in [0.3, 0.4) is 0 Å². The minimum atomic E-state index is -0.569. The second-order valence-electron chi connectivity index (χ2n) is 5.20. The number of hydrogen-bond donors (Lipinski definition) is 1. The van der Waals surface area contributed by atoms with Gasteiger partial charge in [-0.15, -0.1) is 0 Å². The predicted molar refractivity (Wildman–Crippen MR) is 75.2 cm³/mol. The van der Waals surface area contributed by atoms with Gasteiger partial charge in [-0.05, 0) is 30.5 Å². The average molecular weight is 272 g/mol. The monoisotopic (exact) mass is 272 g/mol. The molecule has 3 rings (SSSR count). The quantitative estimate of drug-likeness (QED) is 0.924. The van der Waals surface area contributed by atoms with Crippen LogP contribution in [0.15, 0.2) is 48.5 Å². The van der Waals surface area contributed by atoms with E-state index in [9.17, 15) is 9.50 Å². The molecule has 0 fully saturated rings. The molecule has 1 heterocycles. The van der Waals surface area contributed by atoms with E-state index in [2.05, 4.69) is 12.1 Å². The summed E-state index contributed by atoms with van der Waals surface area (Å²) in [4.78, 5) is 0. The van der Waals surface area contributed by atoms with Crippen molar-refractivity contribution in [3.05, 3.63) is 65.5 Å². The third kappa shape index (κ3) is 2.83. The Morgan fingerprint density at radius 2 is 1.95 bits per heavy atom. The lowest BCUT2D eigenvalue weighted by Crippen LogP contribution is -2.26. The van der Waals surface area contributed by atoms with E-state index >= 15 is 0 Å². The normalized spacial score (nSPS) is 21.1. The van der Waals surface area contributed by atoms with Gasteiger partial charge in [-0.25, -0.2) is 4.39 Å². The Bertz CT molecular complexity index is 583. The van der Waals surface area contributed by atoms with E-state index in [4.69, 9.17) is 4.74 Å². The fourth-order valence-electron chi connectivity index (χ4n) is 2.64. The Balaban J connectivity index is 1.68. The zero-order chi connectivity index (χ0) is 13.9. The summed E-state index contributed by atoms with van der Waals surface area (Å²) in [5, 5.41) is 10.1. The van der Waals surface area contributed by atoms with Gasteiger partial charge in [0.15, 0.2) is 0 Å². The van der Waals surface area contributed by atoms with Crippen molar-refractivity contribution >= 4 is 0 Å². The minimum Gasteiger partial charge on any atom is -0.490 e. The molecule has 0 aromatic heterocycles. The molecule has 2 nitrogen and oxygen atoms in total. The Kier molecular flexibility index (Phi) is 3.70. The van der Waals surface area contributed by atoms with Crippen molar-refractivity contribution < 1.29 is 14.2 Å². The molecule has 1 aliphatic heterocycles. The van der Waals surface area contributed by atoms with E-state index in [1.807, 2.05) is 18.2 Å². The van der Waals surface area contributed by atoms with Crippen LogP contribution in [0, 0.1) is 5.82 Å². The maximum absolute atomic E-state index is 13.2. The molecule has 1 unspecified atom stereocenters. The molecule has 1 N–H and O–H groups in total. The highest BCUT2D eigenvalue weighted by Crippen LogP contribution is 2.36. The minimum absolute atomic E-state index is 0.0699. The van der Waals surface area contributed by atoms with Gasteiger partial charge in [-0.2, -0.15) is 0 Å². The number of ether oxygens (including phenoxy) is 1. The van der Waals surface area contributed by atoms with Gasteiger partial charge < -0.3 is 9.84 Å². The predicted octanol–water partition coefficient (Wildman–Crippen LogP) is 3.64. The summed E-state index contributed by atoms with van der Waals surface area (Å²) < 4.78 is 19.0. The van der Waals surface area contributed by atoms with Gasteiger partial charge in [-0.3, -0.25) is 0 Å². The molecule has 2 atom stereocenters. The number of benzene rings is 2. The van der Waals surface area contributed by atoms with Crippen LogP contribution >= 0.6 is 0 Å². The van der Waals surface area contributed by atoms with Crippen molar-refractivity contribution in [2.24, 2.45) is 0 Å². The van der Waals surface area contributed by atoms with Crippen molar-refractivity contribution in [2.75, 3.05) is 0 Å². The van der Waals surface area contributed by atoms with Gasteiger partial charge in [0.25, 0.3) is 0 Å². The lowest BCUT2D eigenvalue weighted by molar-refractivity contribution is 0.0616. The summed E-state index contributed by atoms with van der Waals surface area (Å²) in [5.41, 5.74) is 1.93. The van der Waals surface area contributed by atoms with Crippen molar-refractivity contribution in [3.8, 4) is 5.75 Å². The summed E-state index contributed by atoms with van der Waals surface area (Å²) in [5.74, 6) is 0.140. The topological polar surface area (TPSA) is 29.5 Å². The lowest BCUT2D eigenvalue weighted by Gasteiger charge is -2.29. The number of halogens is 1. The van der Waals surface area contributed by atoms with Crippen molar-refractivity contribution in [2.45, 2.75) is 31.5 Å². The van der Waals surface area contributed by atoms with Crippen LogP contribution < -0.4 is 4.74 Å². The molecular formula is C17H17FO2. The third-order valence-electron chi connectivity index (χ3n) is 3.71. The number of aliphatic hydroxyl groups excluding tert-OH is 1. The van der Waals surface area contributed by atoms with Gasteiger partial charge in [0.2, 0.25) is 0 Å². The second-order valence-corrected chi connectivity index (χ2v) is 5.20. The van der Waals surface area contributed by atoms with E-state index in [0.29, 0.717) is 17.7 Å². The fourth-order valence-corrected chi connectivity index (χ4v) is 2.64. The molecule has 0 spiro atoms. The standard InChI is InChI=1S/C17H17FO2/c18-13-7-9-15-16(19)11-14(20-17(15)10-13)8-6-12-4-2-1-3-5-12/h1-5,7,9-10,14,16,19H,6,8,11H2/t14?,16-/m0/s1. The van der Waals surface area contributed by atoms with Gasteiger partial charge >= 0.3 is 0 Å². The molecule has 2 aromatic carbocycles. The Hall–Kier alpha value is -1.87. The van der Waals surface area contributed by atoms with Crippen LogP contribution in [-0.2, 0) is 6.42 Å². The van der Waals surface area contributed by atoms with Crippen LogP contribution in [0.5, 0.6) is 5.75 Å². The zero-order valence-electron chi connectivity index (χ0n) is 11.1. The highest BCUT2D eigenvalue weighted by molar-refractivity contribution is 5.37. The summed E-state index contributed by atoms with van der Waals surface area (Å²) >= 11 is 0. The smallest absolute Gasteiger partial charge is 0.128 e. The first-order valence-corrected chi connectivity index (χ1v) is 6.90. The third-order valence-corrected chi connectivity index (χ3v) is 3.71. The van der Waals surface area contributed by atoms with Crippen molar-refractivity contribution in [1.29, 1.82) is 0 Å². The highest BCUT2D eigenvalue weighted by Gasteiger charge is 2.26. The molecule has 0 bridgehead atoms. The Morgan fingerprint density at radius 1 is 1.15 bits per heavy atom. The maximum Gasteiger partial charge on any atom is 0.128 e. The van der Waals surface area contributed by atoms with E-state index in [-0.39, 0.29) is 11.9 Å². The number of rotatable bonds is 3. The molecule has 3 heteroatoms. The Morgan fingerprint density at radius 3 is 2.75 bits per heavy atom. The molecule has 20 heavy (non-hydrogen) atoms. The van der Waals surface area contributed by atoms with Gasteiger partial charge in [0, 0.05) is 18.1 Å². The largest absolute Gasteiger partial charge is 0.490 e. The molecule has 0 radical (unpaired) electrons. The number of fused-ring (bicyclic) bond motifs is 1. The number of aryl methyl sites for hydroxylation is 1. The van der Waals surface area contributed by atoms with Crippen LogP contribution in [-0.4, -0.2) is 11.2 Å². The lowest BCUT2D eigenvalue weighted by atomic mass is 9.95. The number of aliphatic hydroxyl groups is 1. The summed E-state index contributed by atoms with van der Waals surface area (Å²) in [6.07, 6.45) is 1.63.